The molecule has 0 aliphatic heterocycles. The van der Waals surface area contributed by atoms with Gasteiger partial charge in [0.25, 0.3) is 5.91 Å². The van der Waals surface area contributed by atoms with E-state index in [0.29, 0.717) is 5.75 Å². The van der Waals surface area contributed by atoms with Gasteiger partial charge in [0.15, 0.2) is 0 Å². The summed E-state index contributed by atoms with van der Waals surface area (Å²) in [4.78, 5) is 23.6. The number of benzene rings is 2. The van der Waals surface area contributed by atoms with Gasteiger partial charge in [-0.25, -0.2) is 4.39 Å². The molecule has 2 rings (SSSR count). The largest absolute Gasteiger partial charge is 0.493 e. The third-order valence-corrected chi connectivity index (χ3v) is 3.58. The van der Waals surface area contributed by atoms with Crippen molar-refractivity contribution in [1.82, 2.24) is 10.6 Å². The van der Waals surface area contributed by atoms with E-state index in [1.165, 1.54) is 12.1 Å². The molecule has 2 amide bonds. The molecule has 132 valence electrons. The van der Waals surface area contributed by atoms with Gasteiger partial charge in [-0.3, -0.25) is 9.59 Å². The van der Waals surface area contributed by atoms with Crippen molar-refractivity contribution in [1.29, 1.82) is 0 Å². The van der Waals surface area contributed by atoms with Crippen LogP contribution in [-0.2, 0) is 4.79 Å². The highest BCUT2D eigenvalue weighted by molar-refractivity contribution is 6.33. The molecule has 2 aromatic carbocycles. The van der Waals surface area contributed by atoms with E-state index in [9.17, 15) is 14.0 Å². The Morgan fingerprint density at radius 3 is 2.44 bits per heavy atom. The summed E-state index contributed by atoms with van der Waals surface area (Å²) in [7, 11) is 0. The Morgan fingerprint density at radius 1 is 1.00 bits per heavy atom. The standard InChI is InChI=1S/C18H18ClFN2O3/c19-14-7-4-8-15(20)17(14)18(24)22-11-10-21-16(23)9-12-25-13-5-2-1-3-6-13/h1-8H,9-12H2,(H,21,23)(H,22,24). The Balaban J connectivity index is 1.64. The Labute approximate surface area is 150 Å². The van der Waals surface area contributed by atoms with Crippen molar-refractivity contribution in [3.8, 4) is 5.75 Å². The highest BCUT2D eigenvalue weighted by atomic mass is 35.5. The van der Waals surface area contributed by atoms with E-state index >= 15 is 0 Å². The van der Waals surface area contributed by atoms with Crippen LogP contribution >= 0.6 is 11.6 Å². The third kappa shape index (κ3) is 6.08. The molecule has 0 radical (unpaired) electrons. The number of carbonyl (C=O) groups is 2. The smallest absolute Gasteiger partial charge is 0.255 e. The van der Waals surface area contributed by atoms with Gasteiger partial charge < -0.3 is 15.4 Å². The highest BCUT2D eigenvalue weighted by Crippen LogP contribution is 2.18. The zero-order valence-electron chi connectivity index (χ0n) is 13.4. The van der Waals surface area contributed by atoms with Crippen molar-refractivity contribution < 1.29 is 18.7 Å². The first kappa shape index (κ1) is 18.7. The molecule has 0 bridgehead atoms. The fourth-order valence-electron chi connectivity index (χ4n) is 2.05. The van der Waals surface area contributed by atoms with Crippen LogP contribution in [-0.4, -0.2) is 31.5 Å². The second-order valence-electron chi connectivity index (χ2n) is 5.11. The van der Waals surface area contributed by atoms with Crippen molar-refractivity contribution in [2.75, 3.05) is 19.7 Å². The third-order valence-electron chi connectivity index (χ3n) is 3.26. The molecule has 0 aliphatic carbocycles. The van der Waals surface area contributed by atoms with E-state index in [4.69, 9.17) is 16.3 Å². The van der Waals surface area contributed by atoms with E-state index in [2.05, 4.69) is 10.6 Å². The van der Waals surface area contributed by atoms with Crippen LogP contribution in [0.4, 0.5) is 4.39 Å². The SMILES string of the molecule is O=C(CCOc1ccccc1)NCCNC(=O)c1c(F)cccc1Cl. The Kier molecular flexibility index (Phi) is 7.22. The van der Waals surface area contributed by atoms with Crippen molar-refractivity contribution in [2.45, 2.75) is 6.42 Å². The summed E-state index contributed by atoms with van der Waals surface area (Å²) < 4.78 is 19.0. The first-order valence-electron chi connectivity index (χ1n) is 7.74. The lowest BCUT2D eigenvalue weighted by molar-refractivity contribution is -0.121. The van der Waals surface area contributed by atoms with Crippen molar-refractivity contribution in [3.63, 3.8) is 0 Å². The van der Waals surface area contributed by atoms with E-state index in [0.717, 1.165) is 6.07 Å². The summed E-state index contributed by atoms with van der Waals surface area (Å²) in [5.41, 5.74) is -0.202. The van der Waals surface area contributed by atoms with E-state index in [1.54, 1.807) is 12.1 Å². The average Bonchev–Trinajstić information content (AvgIpc) is 2.59. The van der Waals surface area contributed by atoms with Crippen LogP contribution in [0, 0.1) is 5.82 Å². The lowest BCUT2D eigenvalue weighted by atomic mass is 10.2. The molecule has 25 heavy (non-hydrogen) atoms. The van der Waals surface area contributed by atoms with Crippen LogP contribution in [0.25, 0.3) is 0 Å². The predicted octanol–water partition coefficient (Wildman–Crippen LogP) is 2.79. The maximum atomic E-state index is 13.6. The van der Waals surface area contributed by atoms with Crippen LogP contribution in [0.15, 0.2) is 48.5 Å². The molecular weight excluding hydrogens is 347 g/mol. The summed E-state index contributed by atoms with van der Waals surface area (Å²) in [5, 5.41) is 5.19. The summed E-state index contributed by atoms with van der Waals surface area (Å²) in [6, 6.07) is 13.2. The maximum absolute atomic E-state index is 13.6. The van der Waals surface area contributed by atoms with Gasteiger partial charge >= 0.3 is 0 Å². The summed E-state index contributed by atoms with van der Waals surface area (Å²) in [6.07, 6.45) is 0.196. The second-order valence-corrected chi connectivity index (χ2v) is 5.52. The minimum atomic E-state index is -0.688. The molecule has 0 fully saturated rings. The topological polar surface area (TPSA) is 67.4 Å². The van der Waals surface area contributed by atoms with Crippen molar-refractivity contribution in [2.24, 2.45) is 0 Å². The maximum Gasteiger partial charge on any atom is 0.255 e. The Bertz CT molecular complexity index is 705. The molecule has 0 heterocycles. The number of hydrogen-bond acceptors (Lipinski definition) is 3. The molecule has 0 atom stereocenters. The molecule has 2 aromatic rings. The number of nitrogens with one attached hydrogen (secondary N) is 2. The van der Waals surface area contributed by atoms with E-state index in [-0.39, 0.29) is 42.6 Å². The number of rotatable bonds is 8. The van der Waals surface area contributed by atoms with E-state index in [1.807, 2.05) is 18.2 Å². The van der Waals surface area contributed by atoms with Crippen LogP contribution in [0.3, 0.4) is 0 Å². The van der Waals surface area contributed by atoms with Crippen molar-refractivity contribution in [3.05, 3.63) is 64.9 Å². The van der Waals surface area contributed by atoms with Crippen LogP contribution in [0.5, 0.6) is 5.75 Å². The summed E-state index contributed by atoms with van der Waals surface area (Å²) in [5.74, 6) is -0.810. The van der Waals surface area contributed by atoms with Crippen molar-refractivity contribution >= 4 is 23.4 Å². The zero-order valence-corrected chi connectivity index (χ0v) is 14.2. The summed E-state index contributed by atoms with van der Waals surface area (Å²) >= 11 is 5.81. The van der Waals surface area contributed by atoms with Gasteiger partial charge in [-0.15, -0.1) is 0 Å². The quantitative estimate of drug-likeness (QED) is 0.708. The molecule has 0 saturated heterocycles. The average molecular weight is 365 g/mol. The molecule has 0 aliphatic rings. The number of amides is 2. The minimum absolute atomic E-state index is 0.0413. The summed E-state index contributed by atoms with van der Waals surface area (Å²) in [6.45, 7) is 0.643. The molecule has 7 heteroatoms. The van der Waals surface area contributed by atoms with E-state index < -0.39 is 11.7 Å². The van der Waals surface area contributed by atoms with Gasteiger partial charge in [0.05, 0.1) is 23.6 Å². The van der Waals surface area contributed by atoms with Crippen LogP contribution < -0.4 is 15.4 Å². The lowest BCUT2D eigenvalue weighted by Gasteiger charge is -2.09. The molecular formula is C18H18ClFN2O3. The number of carbonyl (C=O) groups excluding carboxylic acids is 2. The Morgan fingerprint density at radius 2 is 1.72 bits per heavy atom. The predicted molar refractivity (Wildman–Crippen MR) is 93.3 cm³/mol. The minimum Gasteiger partial charge on any atom is -0.493 e. The monoisotopic (exact) mass is 364 g/mol. The zero-order chi connectivity index (χ0) is 18.1. The highest BCUT2D eigenvalue weighted by Gasteiger charge is 2.15. The van der Waals surface area contributed by atoms with Crippen LogP contribution in [0.2, 0.25) is 5.02 Å². The second kappa shape index (κ2) is 9.64. The van der Waals surface area contributed by atoms with Gasteiger partial charge in [0.2, 0.25) is 5.91 Å². The fraction of sp³-hybridized carbons (Fsp3) is 0.222. The molecule has 5 nitrogen and oxygen atoms in total. The van der Waals surface area contributed by atoms with Gasteiger partial charge in [-0.1, -0.05) is 35.9 Å². The first-order chi connectivity index (χ1) is 12.1. The molecule has 0 spiro atoms. The normalized spacial score (nSPS) is 10.2. The molecule has 0 saturated carbocycles. The fourth-order valence-corrected chi connectivity index (χ4v) is 2.30. The molecule has 0 aromatic heterocycles. The van der Waals surface area contributed by atoms with Gasteiger partial charge in [0.1, 0.15) is 11.6 Å². The molecule has 0 unspecified atom stereocenters. The number of ether oxygens (including phenoxy) is 1. The van der Waals surface area contributed by atoms with Gasteiger partial charge in [-0.05, 0) is 24.3 Å². The Hall–Kier alpha value is -2.60. The number of halogens is 2. The van der Waals surface area contributed by atoms with Gasteiger partial charge in [0, 0.05) is 13.1 Å². The lowest BCUT2D eigenvalue weighted by Crippen LogP contribution is -2.35. The molecule has 2 N–H and O–H groups in total. The van der Waals surface area contributed by atoms with Gasteiger partial charge in [-0.2, -0.15) is 0 Å². The first-order valence-corrected chi connectivity index (χ1v) is 8.12. The number of hydrogen-bond donors (Lipinski definition) is 2. The van der Waals surface area contributed by atoms with Crippen LogP contribution in [0.1, 0.15) is 16.8 Å². The number of para-hydroxylation sites is 1.